The van der Waals surface area contributed by atoms with E-state index in [4.69, 9.17) is 10.5 Å². The Kier molecular flexibility index (Phi) is 7.15. The van der Waals surface area contributed by atoms with Gasteiger partial charge in [-0.2, -0.15) is 0 Å². The van der Waals surface area contributed by atoms with Crippen LogP contribution in [-0.2, 0) is 4.79 Å². The lowest BCUT2D eigenvalue weighted by Crippen LogP contribution is -2.33. The van der Waals surface area contributed by atoms with Gasteiger partial charge in [-0.1, -0.05) is 36.4 Å². The molecule has 1 amide bonds. The second-order valence-electron chi connectivity index (χ2n) is 6.35. The Hall–Kier alpha value is -2.64. The van der Waals surface area contributed by atoms with E-state index in [0.29, 0.717) is 25.4 Å². The van der Waals surface area contributed by atoms with Crippen molar-refractivity contribution in [2.24, 2.45) is 11.7 Å². The van der Waals surface area contributed by atoms with Crippen LogP contribution in [0.25, 0.3) is 0 Å². The van der Waals surface area contributed by atoms with Crippen molar-refractivity contribution < 1.29 is 14.5 Å². The lowest BCUT2D eigenvalue weighted by Gasteiger charge is -2.17. The van der Waals surface area contributed by atoms with Crippen molar-refractivity contribution >= 4 is 24.0 Å². The number of carbonyl (C=O) groups excluding carboxylic acids is 1. The van der Waals surface area contributed by atoms with Crippen molar-refractivity contribution in [3.63, 3.8) is 0 Å². The number of rotatable bonds is 6. The first-order valence-corrected chi connectivity index (χ1v) is 8.48. The zero-order valence-electron chi connectivity index (χ0n) is 14.7. The fourth-order valence-electron chi connectivity index (χ4n) is 3.31. The second kappa shape index (κ2) is 9.34. The smallest absolute Gasteiger partial charge is 0.273 e. The number of hydrogen-bond acceptors (Lipinski definition) is 5. The van der Waals surface area contributed by atoms with E-state index in [1.54, 1.807) is 11.0 Å². The molecule has 0 aliphatic carbocycles. The molecular weight excluding hydrogens is 370 g/mol. The van der Waals surface area contributed by atoms with E-state index < -0.39 is 4.92 Å². The van der Waals surface area contributed by atoms with Gasteiger partial charge in [-0.15, -0.1) is 12.4 Å². The lowest BCUT2D eigenvalue weighted by atomic mass is 9.89. The molecule has 2 aromatic carbocycles. The number of nitro benzene ring substituents is 1. The largest absolute Gasteiger partial charge is 0.484 e. The van der Waals surface area contributed by atoms with Gasteiger partial charge in [0.05, 0.1) is 11.0 Å². The number of amides is 1. The van der Waals surface area contributed by atoms with Crippen molar-refractivity contribution in [1.29, 1.82) is 0 Å². The van der Waals surface area contributed by atoms with Gasteiger partial charge in [0.1, 0.15) is 5.75 Å². The Balaban J connectivity index is 0.00000261. The normalized spacial score (nSPS) is 18.6. The fraction of sp³-hybridized carbons (Fsp3) is 0.316. The van der Waals surface area contributed by atoms with Crippen LogP contribution in [0.2, 0.25) is 0 Å². The van der Waals surface area contributed by atoms with Gasteiger partial charge in [-0.3, -0.25) is 14.9 Å². The van der Waals surface area contributed by atoms with Crippen molar-refractivity contribution in [3.8, 4) is 5.75 Å². The van der Waals surface area contributed by atoms with Crippen LogP contribution in [0.4, 0.5) is 5.69 Å². The molecule has 0 saturated carbocycles. The summed E-state index contributed by atoms with van der Waals surface area (Å²) in [6, 6.07) is 15.9. The predicted molar refractivity (Wildman–Crippen MR) is 104 cm³/mol. The van der Waals surface area contributed by atoms with Crippen LogP contribution in [0.1, 0.15) is 11.5 Å². The molecule has 2 aromatic rings. The predicted octanol–water partition coefficient (Wildman–Crippen LogP) is 2.60. The van der Waals surface area contributed by atoms with E-state index in [0.717, 1.165) is 0 Å². The minimum absolute atomic E-state index is 0. The first kappa shape index (κ1) is 20.7. The Morgan fingerprint density at radius 1 is 1.19 bits per heavy atom. The minimum Gasteiger partial charge on any atom is -0.484 e. The minimum atomic E-state index is -0.495. The molecular formula is C19H22ClN3O4. The van der Waals surface area contributed by atoms with Crippen LogP contribution >= 0.6 is 12.4 Å². The van der Waals surface area contributed by atoms with Gasteiger partial charge in [0.15, 0.2) is 6.61 Å². The molecule has 1 aliphatic heterocycles. The Bertz CT molecular complexity index is 788. The van der Waals surface area contributed by atoms with Gasteiger partial charge >= 0.3 is 0 Å². The third-order valence-electron chi connectivity index (χ3n) is 4.71. The van der Waals surface area contributed by atoms with Gasteiger partial charge in [-0.05, 0) is 24.1 Å². The number of nitro groups is 1. The number of nitrogens with two attached hydrogens (primary N) is 1. The fourth-order valence-corrected chi connectivity index (χ4v) is 3.31. The molecule has 2 N–H and O–H groups in total. The van der Waals surface area contributed by atoms with Crippen LogP contribution in [0, 0.1) is 16.0 Å². The maximum Gasteiger partial charge on any atom is 0.273 e. The van der Waals surface area contributed by atoms with Gasteiger partial charge in [0.25, 0.3) is 11.6 Å². The molecule has 0 spiro atoms. The summed E-state index contributed by atoms with van der Waals surface area (Å²) in [6.45, 7) is 1.55. The Morgan fingerprint density at radius 2 is 1.93 bits per heavy atom. The highest BCUT2D eigenvalue weighted by molar-refractivity contribution is 5.85. The number of non-ortho nitro benzene ring substituents is 1. The summed E-state index contributed by atoms with van der Waals surface area (Å²) in [5.74, 6) is 0.581. The van der Waals surface area contributed by atoms with Crippen LogP contribution < -0.4 is 10.5 Å². The van der Waals surface area contributed by atoms with Crippen LogP contribution in [0.5, 0.6) is 5.75 Å². The van der Waals surface area contributed by atoms with E-state index in [2.05, 4.69) is 12.1 Å². The van der Waals surface area contributed by atoms with Crippen molar-refractivity contribution in [2.45, 2.75) is 5.92 Å². The van der Waals surface area contributed by atoms with Crippen molar-refractivity contribution in [2.75, 3.05) is 26.2 Å². The number of hydrogen-bond donors (Lipinski definition) is 1. The molecule has 0 unspecified atom stereocenters. The number of nitrogens with zero attached hydrogens (tertiary/aromatic N) is 2. The summed E-state index contributed by atoms with van der Waals surface area (Å²) in [4.78, 5) is 24.6. The zero-order chi connectivity index (χ0) is 18.5. The lowest BCUT2D eigenvalue weighted by molar-refractivity contribution is -0.384. The van der Waals surface area contributed by atoms with Gasteiger partial charge in [0, 0.05) is 25.1 Å². The summed E-state index contributed by atoms with van der Waals surface area (Å²) in [5, 5.41) is 10.8. The highest BCUT2D eigenvalue weighted by atomic mass is 35.5. The number of benzene rings is 2. The average molecular weight is 392 g/mol. The van der Waals surface area contributed by atoms with E-state index in [1.807, 2.05) is 18.2 Å². The van der Waals surface area contributed by atoms with Gasteiger partial charge < -0.3 is 15.4 Å². The molecule has 144 valence electrons. The highest BCUT2D eigenvalue weighted by Gasteiger charge is 2.35. The number of carbonyl (C=O) groups is 1. The van der Waals surface area contributed by atoms with E-state index in [-0.39, 0.29) is 42.4 Å². The van der Waals surface area contributed by atoms with E-state index >= 15 is 0 Å². The van der Waals surface area contributed by atoms with E-state index in [9.17, 15) is 14.9 Å². The van der Waals surface area contributed by atoms with Crippen LogP contribution in [-0.4, -0.2) is 42.0 Å². The number of ether oxygens (including phenoxy) is 1. The maximum absolute atomic E-state index is 12.5. The topological polar surface area (TPSA) is 98.7 Å². The summed E-state index contributed by atoms with van der Waals surface area (Å²) in [7, 11) is 0. The molecule has 0 bridgehead atoms. The molecule has 1 saturated heterocycles. The van der Waals surface area contributed by atoms with Crippen LogP contribution in [0.3, 0.4) is 0 Å². The molecule has 1 fully saturated rings. The highest BCUT2D eigenvalue weighted by Crippen LogP contribution is 2.32. The average Bonchev–Trinajstić information content (AvgIpc) is 3.11. The molecule has 3 rings (SSSR count). The summed E-state index contributed by atoms with van der Waals surface area (Å²) in [6.07, 6.45) is 0. The molecule has 2 atom stereocenters. The molecule has 8 heteroatoms. The number of likely N-dealkylation sites (tertiary alicyclic amines) is 1. The third-order valence-corrected chi connectivity index (χ3v) is 4.71. The quantitative estimate of drug-likeness (QED) is 0.602. The molecule has 27 heavy (non-hydrogen) atoms. The Labute approximate surface area is 163 Å². The summed E-state index contributed by atoms with van der Waals surface area (Å²) >= 11 is 0. The first-order chi connectivity index (χ1) is 12.6. The number of halogens is 1. The SMILES string of the molecule is Cl.NC[C@@H]1CN(C(=O)COc2cccc([N+](=O)[O-])c2)C[C@H]1c1ccccc1. The zero-order valence-corrected chi connectivity index (χ0v) is 15.5. The third kappa shape index (κ3) is 4.96. The molecule has 1 heterocycles. The summed E-state index contributed by atoms with van der Waals surface area (Å²) < 4.78 is 5.45. The molecule has 1 aliphatic rings. The standard InChI is InChI=1S/C19H21N3O4.ClH/c20-10-15-11-21(12-18(15)14-5-2-1-3-6-14)19(23)13-26-17-8-4-7-16(9-17)22(24)25;/h1-9,15,18H,10-13,20H2;1H/t15-,18+;/m1./s1. The van der Waals surface area contributed by atoms with Crippen LogP contribution in [0.15, 0.2) is 54.6 Å². The van der Waals surface area contributed by atoms with Crippen molar-refractivity contribution in [3.05, 3.63) is 70.3 Å². The van der Waals surface area contributed by atoms with Gasteiger partial charge in [-0.25, -0.2) is 0 Å². The Morgan fingerprint density at radius 3 is 2.59 bits per heavy atom. The molecule has 7 nitrogen and oxygen atoms in total. The first-order valence-electron chi connectivity index (χ1n) is 8.48. The van der Waals surface area contributed by atoms with E-state index in [1.165, 1.54) is 23.8 Å². The maximum atomic E-state index is 12.5. The second-order valence-corrected chi connectivity index (χ2v) is 6.35. The summed E-state index contributed by atoms with van der Waals surface area (Å²) in [5.41, 5.74) is 7.01. The van der Waals surface area contributed by atoms with Gasteiger partial charge in [0.2, 0.25) is 0 Å². The molecule has 0 aromatic heterocycles. The van der Waals surface area contributed by atoms with Crippen molar-refractivity contribution in [1.82, 2.24) is 4.90 Å². The monoisotopic (exact) mass is 391 g/mol. The molecule has 0 radical (unpaired) electrons.